The first kappa shape index (κ1) is 17.1. The minimum absolute atomic E-state index is 0.0317. The zero-order valence-corrected chi connectivity index (χ0v) is 13.9. The molecule has 7 heteroatoms. The Kier molecular flexibility index (Phi) is 4.89. The summed E-state index contributed by atoms with van der Waals surface area (Å²) in [6.45, 7) is 1.68. The van der Waals surface area contributed by atoms with E-state index in [0.717, 1.165) is 0 Å². The smallest absolute Gasteiger partial charge is 0.273 e. The lowest BCUT2D eigenvalue weighted by molar-refractivity contribution is -0.385. The largest absolute Gasteiger partial charge is 0.455 e. The Hall–Kier alpha value is -3.74. The third-order valence-electron chi connectivity index (χ3n) is 3.71. The van der Waals surface area contributed by atoms with Crippen LogP contribution < -0.4 is 5.43 Å². The molecule has 3 aromatic rings. The average Bonchev–Trinajstić information content (AvgIpc) is 3.11. The Labute approximate surface area is 149 Å². The van der Waals surface area contributed by atoms with Crippen molar-refractivity contribution in [1.82, 2.24) is 5.43 Å². The van der Waals surface area contributed by atoms with E-state index in [1.54, 1.807) is 55.5 Å². The summed E-state index contributed by atoms with van der Waals surface area (Å²) in [6, 6.07) is 16.9. The van der Waals surface area contributed by atoms with Crippen LogP contribution in [-0.4, -0.2) is 17.0 Å². The van der Waals surface area contributed by atoms with E-state index in [1.165, 1.54) is 12.3 Å². The van der Waals surface area contributed by atoms with Crippen LogP contribution in [0.4, 0.5) is 5.69 Å². The molecule has 2 aromatic carbocycles. The van der Waals surface area contributed by atoms with Crippen molar-refractivity contribution in [2.75, 3.05) is 0 Å². The number of furan rings is 1. The molecule has 7 nitrogen and oxygen atoms in total. The first-order valence-electron chi connectivity index (χ1n) is 7.78. The van der Waals surface area contributed by atoms with Gasteiger partial charge >= 0.3 is 0 Å². The van der Waals surface area contributed by atoms with Gasteiger partial charge in [-0.1, -0.05) is 30.3 Å². The predicted octanol–water partition coefficient (Wildman–Crippen LogP) is 3.93. The van der Waals surface area contributed by atoms with E-state index in [4.69, 9.17) is 4.42 Å². The van der Waals surface area contributed by atoms with Crippen LogP contribution in [-0.2, 0) is 0 Å². The van der Waals surface area contributed by atoms with Crippen molar-refractivity contribution < 1.29 is 14.1 Å². The van der Waals surface area contributed by atoms with Crippen molar-refractivity contribution in [3.05, 3.63) is 87.7 Å². The molecule has 130 valence electrons. The molecule has 0 radical (unpaired) electrons. The number of rotatable bonds is 5. The fraction of sp³-hybridized carbons (Fsp3) is 0.0526. The van der Waals surface area contributed by atoms with E-state index in [9.17, 15) is 14.9 Å². The summed E-state index contributed by atoms with van der Waals surface area (Å²) in [5.41, 5.74) is 4.11. The van der Waals surface area contributed by atoms with Gasteiger partial charge in [-0.3, -0.25) is 14.9 Å². The number of hydrogen-bond acceptors (Lipinski definition) is 5. The maximum absolute atomic E-state index is 11.9. The lowest BCUT2D eigenvalue weighted by atomic mass is 10.1. The standard InChI is InChI=1S/C19H15N3O4/c1-13-7-8-15(11-17(13)22(24)25)18-10-9-16(26-18)12-20-21-19(23)14-5-3-2-4-6-14/h2-12H,1H3,(H,21,23)/b20-12-. The predicted molar refractivity (Wildman–Crippen MR) is 97.0 cm³/mol. The highest BCUT2D eigenvalue weighted by molar-refractivity contribution is 5.94. The first-order valence-corrected chi connectivity index (χ1v) is 7.78. The minimum Gasteiger partial charge on any atom is -0.455 e. The van der Waals surface area contributed by atoms with Gasteiger partial charge in [0, 0.05) is 22.8 Å². The number of hydrazone groups is 1. The Morgan fingerprint density at radius 3 is 2.65 bits per heavy atom. The molecule has 0 fully saturated rings. The van der Waals surface area contributed by atoms with E-state index in [2.05, 4.69) is 10.5 Å². The second kappa shape index (κ2) is 7.43. The maximum atomic E-state index is 11.9. The van der Waals surface area contributed by atoms with E-state index in [0.29, 0.717) is 28.2 Å². The summed E-state index contributed by atoms with van der Waals surface area (Å²) in [6.07, 6.45) is 1.37. The molecule has 0 unspecified atom stereocenters. The summed E-state index contributed by atoms with van der Waals surface area (Å²) < 4.78 is 5.61. The van der Waals surface area contributed by atoms with E-state index < -0.39 is 4.92 Å². The van der Waals surface area contributed by atoms with Gasteiger partial charge in [-0.05, 0) is 31.2 Å². The lowest BCUT2D eigenvalue weighted by Gasteiger charge is -2.00. The fourth-order valence-corrected chi connectivity index (χ4v) is 2.35. The number of carbonyl (C=O) groups excluding carboxylic acids is 1. The monoisotopic (exact) mass is 349 g/mol. The molecule has 1 N–H and O–H groups in total. The second-order valence-electron chi connectivity index (χ2n) is 5.53. The Balaban J connectivity index is 1.71. The maximum Gasteiger partial charge on any atom is 0.273 e. The molecule has 0 aliphatic heterocycles. The number of nitrogens with one attached hydrogen (secondary N) is 1. The van der Waals surface area contributed by atoms with Crippen molar-refractivity contribution >= 4 is 17.8 Å². The molecule has 0 bridgehead atoms. The van der Waals surface area contributed by atoms with Gasteiger partial charge in [0.25, 0.3) is 11.6 Å². The van der Waals surface area contributed by atoms with E-state index in [1.807, 2.05) is 6.07 Å². The van der Waals surface area contributed by atoms with Crippen LogP contribution >= 0.6 is 0 Å². The number of carbonyl (C=O) groups is 1. The highest BCUT2D eigenvalue weighted by Gasteiger charge is 2.13. The van der Waals surface area contributed by atoms with Crippen LogP contribution in [0.25, 0.3) is 11.3 Å². The normalized spacial score (nSPS) is 10.8. The average molecular weight is 349 g/mol. The minimum atomic E-state index is -0.427. The molecule has 0 atom stereocenters. The number of amides is 1. The molecule has 0 aliphatic carbocycles. The third-order valence-corrected chi connectivity index (χ3v) is 3.71. The molecule has 0 aliphatic rings. The quantitative estimate of drug-likeness (QED) is 0.429. The van der Waals surface area contributed by atoms with Gasteiger partial charge in [0.15, 0.2) is 0 Å². The topological polar surface area (TPSA) is 97.7 Å². The number of aryl methyl sites for hydroxylation is 1. The summed E-state index contributed by atoms with van der Waals surface area (Å²) in [7, 11) is 0. The number of nitro benzene ring substituents is 1. The SMILES string of the molecule is Cc1ccc(-c2ccc(/C=N\NC(=O)c3ccccc3)o2)cc1[N+](=O)[O-]. The molecule has 0 spiro atoms. The molecule has 3 rings (SSSR count). The Bertz CT molecular complexity index is 977. The van der Waals surface area contributed by atoms with Gasteiger partial charge in [-0.2, -0.15) is 5.10 Å². The highest BCUT2D eigenvalue weighted by atomic mass is 16.6. The molecule has 0 saturated heterocycles. The number of nitro groups is 1. The van der Waals surface area contributed by atoms with Gasteiger partial charge < -0.3 is 4.42 Å². The first-order chi connectivity index (χ1) is 12.5. The van der Waals surface area contributed by atoms with E-state index in [-0.39, 0.29) is 11.6 Å². The molecule has 0 saturated carbocycles. The molecular formula is C19H15N3O4. The van der Waals surface area contributed by atoms with Crippen LogP contribution in [0.15, 0.2) is 70.2 Å². The van der Waals surface area contributed by atoms with E-state index >= 15 is 0 Å². The zero-order chi connectivity index (χ0) is 18.5. The number of hydrogen-bond donors (Lipinski definition) is 1. The van der Waals surface area contributed by atoms with Crippen molar-refractivity contribution in [2.24, 2.45) is 5.10 Å². The van der Waals surface area contributed by atoms with Crippen molar-refractivity contribution in [1.29, 1.82) is 0 Å². The number of benzene rings is 2. The van der Waals surface area contributed by atoms with Crippen molar-refractivity contribution in [3.8, 4) is 11.3 Å². The molecular weight excluding hydrogens is 334 g/mol. The summed E-state index contributed by atoms with van der Waals surface area (Å²) in [4.78, 5) is 22.5. The molecule has 1 amide bonds. The zero-order valence-electron chi connectivity index (χ0n) is 13.9. The lowest BCUT2D eigenvalue weighted by Crippen LogP contribution is -2.17. The summed E-state index contributed by atoms with van der Waals surface area (Å²) >= 11 is 0. The van der Waals surface area contributed by atoms with Crippen LogP contribution in [0.1, 0.15) is 21.7 Å². The van der Waals surface area contributed by atoms with Gasteiger partial charge in [0.05, 0.1) is 11.1 Å². The van der Waals surface area contributed by atoms with Crippen molar-refractivity contribution in [2.45, 2.75) is 6.92 Å². The van der Waals surface area contributed by atoms with Crippen LogP contribution in [0.5, 0.6) is 0 Å². The Morgan fingerprint density at radius 1 is 1.15 bits per heavy atom. The van der Waals surface area contributed by atoms with Crippen LogP contribution in [0, 0.1) is 17.0 Å². The van der Waals surface area contributed by atoms with Gasteiger partial charge in [0.1, 0.15) is 11.5 Å². The summed E-state index contributed by atoms with van der Waals surface area (Å²) in [5.74, 6) is 0.559. The molecule has 1 heterocycles. The fourth-order valence-electron chi connectivity index (χ4n) is 2.35. The third kappa shape index (κ3) is 3.84. The van der Waals surface area contributed by atoms with Gasteiger partial charge in [-0.25, -0.2) is 5.43 Å². The number of nitrogens with zero attached hydrogens (tertiary/aromatic N) is 2. The van der Waals surface area contributed by atoms with Crippen LogP contribution in [0.3, 0.4) is 0 Å². The van der Waals surface area contributed by atoms with Gasteiger partial charge in [0.2, 0.25) is 0 Å². The molecule has 26 heavy (non-hydrogen) atoms. The van der Waals surface area contributed by atoms with Crippen molar-refractivity contribution in [3.63, 3.8) is 0 Å². The van der Waals surface area contributed by atoms with Crippen LogP contribution in [0.2, 0.25) is 0 Å². The Morgan fingerprint density at radius 2 is 1.92 bits per heavy atom. The molecule has 1 aromatic heterocycles. The summed E-state index contributed by atoms with van der Waals surface area (Å²) in [5, 5.41) is 14.9. The second-order valence-corrected chi connectivity index (χ2v) is 5.53. The highest BCUT2D eigenvalue weighted by Crippen LogP contribution is 2.27. The van der Waals surface area contributed by atoms with Gasteiger partial charge in [-0.15, -0.1) is 0 Å².